The van der Waals surface area contributed by atoms with Crippen LogP contribution in [0.15, 0.2) is 72.8 Å². The van der Waals surface area contributed by atoms with Crippen LogP contribution in [0.1, 0.15) is 5.56 Å². The molecular formula is C21H15ClN2. The van der Waals surface area contributed by atoms with Gasteiger partial charge in [-0.3, -0.25) is 0 Å². The molecule has 0 atom stereocenters. The summed E-state index contributed by atoms with van der Waals surface area (Å²) in [5.41, 5.74) is 6.83. The lowest BCUT2D eigenvalue weighted by Gasteiger charge is -2.11. The van der Waals surface area contributed by atoms with Crippen LogP contribution < -0.4 is 0 Å². The molecule has 0 bridgehead atoms. The average Bonchev–Trinajstić information content (AvgIpc) is 2.62. The molecular weight excluding hydrogens is 316 g/mol. The normalized spacial score (nSPS) is 10.9. The van der Waals surface area contributed by atoms with E-state index >= 15 is 0 Å². The van der Waals surface area contributed by atoms with Gasteiger partial charge in [-0.2, -0.15) is 0 Å². The second-order valence-electron chi connectivity index (χ2n) is 5.78. The second-order valence-corrected chi connectivity index (χ2v) is 6.22. The van der Waals surface area contributed by atoms with Crippen molar-refractivity contribution in [3.63, 3.8) is 0 Å². The molecule has 0 radical (unpaired) electrons. The van der Waals surface area contributed by atoms with Gasteiger partial charge < -0.3 is 0 Å². The van der Waals surface area contributed by atoms with Crippen molar-refractivity contribution in [2.45, 2.75) is 6.92 Å². The summed E-state index contributed by atoms with van der Waals surface area (Å²) < 4.78 is 0. The number of aryl methyl sites for hydroxylation is 1. The van der Waals surface area contributed by atoms with Gasteiger partial charge in [0, 0.05) is 16.1 Å². The van der Waals surface area contributed by atoms with Crippen molar-refractivity contribution < 1.29 is 0 Å². The number of para-hydroxylation sites is 2. The van der Waals surface area contributed by atoms with Gasteiger partial charge in [-0.15, -0.1) is 0 Å². The molecule has 116 valence electrons. The Balaban J connectivity index is 2.00. The molecule has 0 aliphatic carbocycles. The number of hydrogen-bond donors (Lipinski definition) is 0. The van der Waals surface area contributed by atoms with Crippen molar-refractivity contribution >= 4 is 22.6 Å². The molecule has 0 aliphatic rings. The van der Waals surface area contributed by atoms with E-state index in [0.717, 1.165) is 33.5 Å². The summed E-state index contributed by atoms with van der Waals surface area (Å²) in [4.78, 5) is 9.75. The Labute approximate surface area is 145 Å². The zero-order valence-electron chi connectivity index (χ0n) is 13.2. The van der Waals surface area contributed by atoms with E-state index in [9.17, 15) is 0 Å². The summed E-state index contributed by atoms with van der Waals surface area (Å²) >= 11 is 6.03. The molecule has 24 heavy (non-hydrogen) atoms. The first kappa shape index (κ1) is 14.9. The van der Waals surface area contributed by atoms with E-state index in [-0.39, 0.29) is 0 Å². The smallest absolute Gasteiger partial charge is 0.0973 e. The highest BCUT2D eigenvalue weighted by Gasteiger charge is 2.13. The lowest BCUT2D eigenvalue weighted by atomic mass is 10.0. The summed E-state index contributed by atoms with van der Waals surface area (Å²) in [7, 11) is 0. The third-order valence-electron chi connectivity index (χ3n) is 4.01. The number of nitrogens with zero attached hydrogens (tertiary/aromatic N) is 2. The molecule has 0 N–H and O–H groups in total. The van der Waals surface area contributed by atoms with Crippen LogP contribution in [-0.2, 0) is 0 Å². The molecule has 0 spiro atoms. The Kier molecular flexibility index (Phi) is 3.75. The van der Waals surface area contributed by atoms with Crippen LogP contribution in [0.3, 0.4) is 0 Å². The van der Waals surface area contributed by atoms with Crippen molar-refractivity contribution in [1.29, 1.82) is 0 Å². The lowest BCUT2D eigenvalue weighted by molar-refractivity contribution is 1.29. The van der Waals surface area contributed by atoms with Crippen LogP contribution in [0.4, 0.5) is 0 Å². The van der Waals surface area contributed by atoms with Gasteiger partial charge in [-0.25, -0.2) is 9.97 Å². The topological polar surface area (TPSA) is 25.8 Å². The van der Waals surface area contributed by atoms with Crippen LogP contribution in [0.2, 0.25) is 5.02 Å². The van der Waals surface area contributed by atoms with Gasteiger partial charge in [0.25, 0.3) is 0 Å². The van der Waals surface area contributed by atoms with Crippen molar-refractivity contribution in [1.82, 2.24) is 9.97 Å². The van der Waals surface area contributed by atoms with Gasteiger partial charge in [0.1, 0.15) is 0 Å². The molecule has 3 heteroatoms. The van der Waals surface area contributed by atoms with Crippen molar-refractivity contribution in [3.05, 3.63) is 83.4 Å². The zero-order chi connectivity index (χ0) is 16.5. The Morgan fingerprint density at radius 1 is 0.625 bits per heavy atom. The number of aromatic nitrogens is 2. The molecule has 4 rings (SSSR count). The summed E-state index contributed by atoms with van der Waals surface area (Å²) in [6.45, 7) is 2.08. The first-order chi connectivity index (χ1) is 11.7. The fraction of sp³-hybridized carbons (Fsp3) is 0.0476. The van der Waals surface area contributed by atoms with E-state index in [1.807, 2.05) is 48.5 Å². The number of fused-ring (bicyclic) bond motifs is 1. The molecule has 0 fully saturated rings. The molecule has 0 aliphatic heterocycles. The van der Waals surface area contributed by atoms with Crippen LogP contribution in [0, 0.1) is 6.92 Å². The highest BCUT2D eigenvalue weighted by molar-refractivity contribution is 6.30. The zero-order valence-corrected chi connectivity index (χ0v) is 14.0. The maximum Gasteiger partial charge on any atom is 0.0973 e. The number of benzene rings is 3. The highest BCUT2D eigenvalue weighted by atomic mass is 35.5. The highest BCUT2D eigenvalue weighted by Crippen LogP contribution is 2.31. The van der Waals surface area contributed by atoms with Gasteiger partial charge in [-0.05, 0) is 31.2 Å². The molecule has 0 saturated heterocycles. The van der Waals surface area contributed by atoms with Crippen LogP contribution >= 0.6 is 11.6 Å². The molecule has 4 aromatic rings. The summed E-state index contributed by atoms with van der Waals surface area (Å²) in [6, 6.07) is 24.0. The predicted molar refractivity (Wildman–Crippen MR) is 100 cm³/mol. The Morgan fingerprint density at radius 2 is 1.08 bits per heavy atom. The largest absolute Gasteiger partial charge is 0.244 e. The lowest BCUT2D eigenvalue weighted by Crippen LogP contribution is -1.95. The van der Waals surface area contributed by atoms with Crippen molar-refractivity contribution in [2.24, 2.45) is 0 Å². The van der Waals surface area contributed by atoms with E-state index in [2.05, 4.69) is 31.2 Å². The summed E-state index contributed by atoms with van der Waals surface area (Å²) in [5.74, 6) is 0. The van der Waals surface area contributed by atoms with E-state index in [0.29, 0.717) is 5.02 Å². The summed E-state index contributed by atoms with van der Waals surface area (Å²) in [6.07, 6.45) is 0. The van der Waals surface area contributed by atoms with Crippen molar-refractivity contribution in [3.8, 4) is 22.5 Å². The maximum atomic E-state index is 6.03. The number of hydrogen-bond acceptors (Lipinski definition) is 2. The van der Waals surface area contributed by atoms with Gasteiger partial charge in [0.15, 0.2) is 0 Å². The molecule has 1 heterocycles. The SMILES string of the molecule is Cc1ccc(-c2nc3ccccc3nc2-c2ccc(Cl)cc2)cc1. The fourth-order valence-electron chi connectivity index (χ4n) is 2.72. The standard InChI is InChI=1S/C21H15ClN2/c1-14-6-8-15(9-7-14)20-21(16-10-12-17(22)13-11-16)24-19-5-3-2-4-18(19)23-20/h2-13H,1H3. The van der Waals surface area contributed by atoms with Crippen LogP contribution in [-0.4, -0.2) is 9.97 Å². The Hall–Kier alpha value is -2.71. The maximum absolute atomic E-state index is 6.03. The molecule has 3 aromatic carbocycles. The molecule has 0 amide bonds. The first-order valence-electron chi connectivity index (χ1n) is 7.80. The van der Waals surface area contributed by atoms with E-state index in [1.165, 1.54) is 5.56 Å². The third-order valence-corrected chi connectivity index (χ3v) is 4.27. The van der Waals surface area contributed by atoms with Crippen LogP contribution in [0.25, 0.3) is 33.5 Å². The molecule has 1 aromatic heterocycles. The van der Waals surface area contributed by atoms with Crippen molar-refractivity contribution in [2.75, 3.05) is 0 Å². The van der Waals surface area contributed by atoms with E-state index in [1.54, 1.807) is 0 Å². The molecule has 0 unspecified atom stereocenters. The summed E-state index contributed by atoms with van der Waals surface area (Å²) in [5, 5.41) is 0.712. The van der Waals surface area contributed by atoms with Gasteiger partial charge >= 0.3 is 0 Å². The second kappa shape index (κ2) is 6.06. The minimum absolute atomic E-state index is 0.712. The fourth-order valence-corrected chi connectivity index (χ4v) is 2.85. The molecule has 0 saturated carbocycles. The van der Waals surface area contributed by atoms with Gasteiger partial charge in [0.2, 0.25) is 0 Å². The van der Waals surface area contributed by atoms with Crippen LogP contribution in [0.5, 0.6) is 0 Å². The molecule has 2 nitrogen and oxygen atoms in total. The van der Waals surface area contributed by atoms with Gasteiger partial charge in [-0.1, -0.05) is 65.7 Å². The average molecular weight is 331 g/mol. The Bertz CT molecular complexity index is 922. The number of rotatable bonds is 2. The minimum Gasteiger partial charge on any atom is -0.244 e. The minimum atomic E-state index is 0.712. The van der Waals surface area contributed by atoms with E-state index < -0.39 is 0 Å². The predicted octanol–water partition coefficient (Wildman–Crippen LogP) is 5.93. The van der Waals surface area contributed by atoms with Gasteiger partial charge in [0.05, 0.1) is 22.4 Å². The third kappa shape index (κ3) is 2.77. The monoisotopic (exact) mass is 330 g/mol. The van der Waals surface area contributed by atoms with E-state index in [4.69, 9.17) is 21.6 Å². The number of halogens is 1. The first-order valence-corrected chi connectivity index (χ1v) is 8.18. The quantitative estimate of drug-likeness (QED) is 0.455. The Morgan fingerprint density at radius 3 is 1.58 bits per heavy atom.